The number of carbonyl (C=O) groups excluding carboxylic acids is 2. The van der Waals surface area contributed by atoms with Crippen molar-refractivity contribution >= 4 is 23.7 Å². The number of amides is 2. The van der Waals surface area contributed by atoms with Gasteiger partial charge in [-0.1, -0.05) is 13.8 Å². The van der Waals surface area contributed by atoms with Gasteiger partial charge >= 0.3 is 12.1 Å². The molecule has 0 aliphatic carbocycles. The fourth-order valence-electron chi connectivity index (χ4n) is 2.58. The number of hydrogen-bond donors (Lipinski definition) is 4. The van der Waals surface area contributed by atoms with Gasteiger partial charge in [0.1, 0.15) is 18.7 Å². The van der Waals surface area contributed by atoms with Crippen LogP contribution in [0.3, 0.4) is 0 Å². The molecule has 0 aliphatic rings. The molecule has 0 bridgehead atoms. The number of nitrogens with zero attached hydrogens (tertiary/aromatic N) is 1. The Morgan fingerprint density at radius 3 is 2.30 bits per heavy atom. The maximum absolute atomic E-state index is 12.5. The van der Waals surface area contributed by atoms with Gasteiger partial charge < -0.3 is 26.2 Å². The maximum Gasteiger partial charge on any atom is 0.408 e. The summed E-state index contributed by atoms with van der Waals surface area (Å²) in [5.74, 6) is -2.13. The summed E-state index contributed by atoms with van der Waals surface area (Å²) in [4.78, 5) is 46.1. The molecule has 0 spiro atoms. The number of nitro benzene ring substituents is 1. The molecule has 0 heterocycles. The molecule has 1 aromatic rings. The van der Waals surface area contributed by atoms with E-state index in [0.717, 1.165) is 0 Å². The number of rotatable bonds is 12. The van der Waals surface area contributed by atoms with Crippen LogP contribution in [0.5, 0.6) is 0 Å². The van der Waals surface area contributed by atoms with Crippen molar-refractivity contribution in [3.05, 3.63) is 39.9 Å². The second kappa shape index (κ2) is 12.4. The van der Waals surface area contributed by atoms with Gasteiger partial charge in [-0.3, -0.25) is 14.9 Å². The average molecular weight is 424 g/mol. The molecular weight excluding hydrogens is 396 g/mol. The zero-order chi connectivity index (χ0) is 22.7. The highest BCUT2D eigenvalue weighted by Gasteiger charge is 2.28. The minimum Gasteiger partial charge on any atom is -0.480 e. The smallest absolute Gasteiger partial charge is 0.408 e. The predicted octanol–water partition coefficient (Wildman–Crippen LogP) is 1.54. The predicted molar refractivity (Wildman–Crippen MR) is 108 cm³/mol. The Morgan fingerprint density at radius 2 is 1.80 bits per heavy atom. The molecule has 5 N–H and O–H groups in total. The standard InChI is InChI=1S/C19H28N4O7/c1-12(2)16(18(25)26)22-17(24)15(5-3-4-10-20)21-19(27)30-11-13-6-8-14(9-7-13)23(28)29/h6-9,12,15-16H,3-5,10-11,20H2,1-2H3,(H,21,27)(H,22,24)(H,25,26)/t15-,16-/m0/s1. The van der Waals surface area contributed by atoms with Crippen LogP contribution >= 0.6 is 0 Å². The molecule has 2 atom stereocenters. The van der Waals surface area contributed by atoms with Gasteiger partial charge in [-0.25, -0.2) is 9.59 Å². The molecule has 0 aliphatic heterocycles. The van der Waals surface area contributed by atoms with Gasteiger partial charge in [-0.15, -0.1) is 0 Å². The van der Waals surface area contributed by atoms with Crippen LogP contribution in [0.25, 0.3) is 0 Å². The van der Waals surface area contributed by atoms with Crippen molar-refractivity contribution in [2.45, 2.75) is 51.8 Å². The fourth-order valence-corrected chi connectivity index (χ4v) is 2.58. The summed E-state index contributed by atoms with van der Waals surface area (Å²) in [7, 11) is 0. The van der Waals surface area contributed by atoms with Gasteiger partial charge in [-0.2, -0.15) is 0 Å². The second-order valence-electron chi connectivity index (χ2n) is 7.05. The number of nitro groups is 1. The summed E-state index contributed by atoms with van der Waals surface area (Å²) >= 11 is 0. The van der Waals surface area contributed by atoms with Crippen LogP contribution in [0.15, 0.2) is 24.3 Å². The van der Waals surface area contributed by atoms with Gasteiger partial charge in [0.2, 0.25) is 5.91 Å². The topological polar surface area (TPSA) is 174 Å². The summed E-state index contributed by atoms with van der Waals surface area (Å²) in [6.07, 6.45) is 0.588. The van der Waals surface area contributed by atoms with Gasteiger partial charge in [0.25, 0.3) is 5.69 Å². The number of ether oxygens (including phenoxy) is 1. The third-order valence-corrected chi connectivity index (χ3v) is 4.30. The van der Waals surface area contributed by atoms with Crippen LogP contribution in [0, 0.1) is 16.0 Å². The molecule has 166 valence electrons. The van der Waals surface area contributed by atoms with Crippen molar-refractivity contribution in [3.63, 3.8) is 0 Å². The molecule has 0 unspecified atom stereocenters. The molecule has 2 amide bonds. The van der Waals surface area contributed by atoms with E-state index in [1.807, 2.05) is 0 Å². The van der Waals surface area contributed by atoms with Crippen LogP contribution in [0.4, 0.5) is 10.5 Å². The van der Waals surface area contributed by atoms with Crippen LogP contribution in [0.1, 0.15) is 38.7 Å². The van der Waals surface area contributed by atoms with E-state index in [0.29, 0.717) is 24.9 Å². The summed E-state index contributed by atoms with van der Waals surface area (Å²) in [6.45, 7) is 3.59. The average Bonchev–Trinajstić information content (AvgIpc) is 2.69. The van der Waals surface area contributed by atoms with Crippen molar-refractivity contribution < 1.29 is 29.2 Å². The van der Waals surface area contributed by atoms with Gasteiger partial charge in [0.05, 0.1) is 4.92 Å². The number of nitrogens with one attached hydrogen (secondary N) is 2. The lowest BCUT2D eigenvalue weighted by Crippen LogP contribution is -2.53. The molecule has 1 rings (SSSR count). The summed E-state index contributed by atoms with van der Waals surface area (Å²) in [5.41, 5.74) is 5.91. The number of aliphatic carboxylic acids is 1. The number of alkyl carbamates (subject to hydrolysis) is 1. The molecular formula is C19H28N4O7. The first-order valence-corrected chi connectivity index (χ1v) is 9.55. The van der Waals surface area contributed by atoms with E-state index in [4.69, 9.17) is 10.5 Å². The van der Waals surface area contributed by atoms with Gasteiger partial charge in [0.15, 0.2) is 0 Å². The molecule has 0 saturated carbocycles. The minimum atomic E-state index is -1.17. The monoisotopic (exact) mass is 424 g/mol. The minimum absolute atomic E-state index is 0.0852. The van der Waals surface area contributed by atoms with Gasteiger partial charge in [0, 0.05) is 12.1 Å². The molecule has 30 heavy (non-hydrogen) atoms. The first kappa shape index (κ1) is 24.8. The third kappa shape index (κ3) is 8.43. The number of benzene rings is 1. The van der Waals surface area contributed by atoms with E-state index in [-0.39, 0.29) is 24.6 Å². The van der Waals surface area contributed by atoms with E-state index < -0.39 is 35.0 Å². The molecule has 1 aromatic carbocycles. The van der Waals surface area contributed by atoms with Crippen molar-refractivity contribution in [3.8, 4) is 0 Å². The van der Waals surface area contributed by atoms with Crippen molar-refractivity contribution in [2.24, 2.45) is 11.7 Å². The molecule has 11 nitrogen and oxygen atoms in total. The quantitative estimate of drug-likeness (QED) is 0.222. The molecule has 11 heteroatoms. The number of non-ortho nitro benzene ring substituents is 1. The number of nitrogens with two attached hydrogens (primary N) is 1. The zero-order valence-corrected chi connectivity index (χ0v) is 17.0. The Balaban J connectivity index is 2.70. The van der Waals surface area contributed by atoms with Crippen LogP contribution in [0.2, 0.25) is 0 Å². The van der Waals surface area contributed by atoms with Crippen LogP contribution in [-0.2, 0) is 20.9 Å². The number of carboxylic acids is 1. The summed E-state index contributed by atoms with van der Waals surface area (Å²) < 4.78 is 5.07. The highest BCUT2D eigenvalue weighted by atomic mass is 16.6. The summed E-state index contributed by atoms with van der Waals surface area (Å²) in [5, 5.41) is 24.8. The van der Waals surface area contributed by atoms with E-state index in [2.05, 4.69) is 10.6 Å². The molecule has 0 fully saturated rings. The highest BCUT2D eigenvalue weighted by Crippen LogP contribution is 2.13. The Morgan fingerprint density at radius 1 is 1.17 bits per heavy atom. The Bertz CT molecular complexity index is 737. The SMILES string of the molecule is CC(C)[C@H](NC(=O)[C@H](CCCCN)NC(=O)OCc1ccc([N+](=O)[O-])cc1)C(=O)O. The second-order valence-corrected chi connectivity index (χ2v) is 7.05. The van der Waals surface area contributed by atoms with Crippen molar-refractivity contribution in [1.82, 2.24) is 10.6 Å². The first-order chi connectivity index (χ1) is 14.1. The molecule has 0 aromatic heterocycles. The van der Waals surface area contributed by atoms with Crippen LogP contribution < -0.4 is 16.4 Å². The van der Waals surface area contributed by atoms with Crippen molar-refractivity contribution in [2.75, 3.05) is 6.54 Å². The fraction of sp³-hybridized carbons (Fsp3) is 0.526. The number of carboxylic acid groups (broad SMARTS) is 1. The largest absolute Gasteiger partial charge is 0.480 e. The number of hydrogen-bond acceptors (Lipinski definition) is 7. The maximum atomic E-state index is 12.5. The van der Waals surface area contributed by atoms with E-state index >= 15 is 0 Å². The third-order valence-electron chi connectivity index (χ3n) is 4.30. The van der Waals surface area contributed by atoms with Crippen molar-refractivity contribution in [1.29, 1.82) is 0 Å². The molecule has 0 saturated heterocycles. The number of carbonyl (C=O) groups is 3. The summed E-state index contributed by atoms with van der Waals surface area (Å²) in [6, 6.07) is 3.41. The van der Waals surface area contributed by atoms with Crippen LogP contribution in [-0.4, -0.2) is 46.6 Å². The van der Waals surface area contributed by atoms with E-state index in [1.165, 1.54) is 24.3 Å². The Hall–Kier alpha value is -3.21. The zero-order valence-electron chi connectivity index (χ0n) is 17.0. The van der Waals surface area contributed by atoms with E-state index in [1.54, 1.807) is 13.8 Å². The Kier molecular flexibility index (Phi) is 10.2. The lowest BCUT2D eigenvalue weighted by Gasteiger charge is -2.23. The lowest BCUT2D eigenvalue weighted by atomic mass is 10.0. The normalized spacial score (nSPS) is 12.7. The number of unbranched alkanes of at least 4 members (excludes halogenated alkanes) is 1. The lowest BCUT2D eigenvalue weighted by molar-refractivity contribution is -0.384. The Labute approximate surface area is 174 Å². The highest BCUT2D eigenvalue weighted by molar-refractivity contribution is 5.89. The van der Waals surface area contributed by atoms with E-state index in [9.17, 15) is 29.6 Å². The first-order valence-electron chi connectivity index (χ1n) is 9.55. The molecule has 0 radical (unpaired) electrons. The van der Waals surface area contributed by atoms with Gasteiger partial charge in [-0.05, 0) is 49.4 Å².